The number of anilines is 2. The Bertz CT molecular complexity index is 1180. The van der Waals surface area contributed by atoms with Crippen LogP contribution in [0.15, 0.2) is 71.8 Å². The summed E-state index contributed by atoms with van der Waals surface area (Å²) in [6, 6.07) is 22.4. The lowest BCUT2D eigenvalue weighted by Crippen LogP contribution is -2.33. The van der Waals surface area contributed by atoms with Gasteiger partial charge in [-0.1, -0.05) is 24.3 Å². The quantitative estimate of drug-likeness (QED) is 0.362. The zero-order valence-electron chi connectivity index (χ0n) is 17.2. The molecule has 2 aliphatic rings. The lowest BCUT2D eigenvalue weighted by Gasteiger charge is -2.34. The lowest BCUT2D eigenvalue weighted by molar-refractivity contribution is 0.375. The predicted molar refractivity (Wildman–Crippen MR) is 130 cm³/mol. The number of nitrogens with zero attached hydrogens (tertiary/aromatic N) is 2. The summed E-state index contributed by atoms with van der Waals surface area (Å²) in [5.74, 6) is 0.864. The Balaban J connectivity index is 1.03. The van der Waals surface area contributed by atoms with Crippen LogP contribution in [-0.4, -0.2) is 24.6 Å². The summed E-state index contributed by atoms with van der Waals surface area (Å²) in [6.45, 7) is 3.51. The molecule has 30 heavy (non-hydrogen) atoms. The van der Waals surface area contributed by atoms with Gasteiger partial charge in [-0.25, -0.2) is 0 Å². The van der Waals surface area contributed by atoms with Gasteiger partial charge < -0.3 is 14.2 Å². The van der Waals surface area contributed by atoms with Crippen LogP contribution in [0.25, 0.3) is 21.7 Å². The standard InChI is InChI=1S/C26H27N3S/c1-5-20-6-2-8-25-26(20)24(7-1)29(30-25)15-3-4-19-12-16-28(17-13-19)22-9-10-23-21(18-22)11-14-27-23/h1-2,5-11,14,18-19,27H,3-4,12-13,15-17H2. The van der Waals surface area contributed by atoms with Gasteiger partial charge in [0.25, 0.3) is 0 Å². The summed E-state index contributed by atoms with van der Waals surface area (Å²) < 4.78 is 2.51. The third-order valence-electron chi connectivity index (χ3n) is 6.81. The first-order chi connectivity index (χ1) is 14.8. The highest BCUT2D eigenvalue weighted by atomic mass is 32.2. The van der Waals surface area contributed by atoms with Gasteiger partial charge in [-0.05, 0) is 85.3 Å². The van der Waals surface area contributed by atoms with Crippen LogP contribution in [0.1, 0.15) is 25.7 Å². The Morgan fingerprint density at radius 3 is 2.70 bits per heavy atom. The van der Waals surface area contributed by atoms with E-state index in [9.17, 15) is 0 Å². The molecule has 3 aromatic carbocycles. The van der Waals surface area contributed by atoms with Gasteiger partial charge in [0, 0.05) is 52.7 Å². The molecule has 4 aromatic rings. The van der Waals surface area contributed by atoms with E-state index in [0.29, 0.717) is 0 Å². The molecule has 3 nitrogen and oxygen atoms in total. The SMILES string of the molecule is c1cc2c3c(cccc3c1)N(CCCC1CCN(c3ccc4[nH]ccc4c3)CC1)S2. The fraction of sp³-hybridized carbons (Fsp3) is 0.308. The molecule has 3 heterocycles. The number of nitrogens with one attached hydrogen (secondary N) is 1. The van der Waals surface area contributed by atoms with Gasteiger partial charge in [0.15, 0.2) is 0 Å². The van der Waals surface area contributed by atoms with E-state index in [1.165, 1.54) is 76.7 Å². The third-order valence-corrected chi connectivity index (χ3v) is 7.95. The molecular weight excluding hydrogens is 386 g/mol. The van der Waals surface area contributed by atoms with E-state index < -0.39 is 0 Å². The van der Waals surface area contributed by atoms with Crippen molar-refractivity contribution in [1.29, 1.82) is 0 Å². The number of fused-ring (bicyclic) bond motifs is 1. The van der Waals surface area contributed by atoms with Crippen molar-refractivity contribution in [2.24, 2.45) is 5.92 Å². The van der Waals surface area contributed by atoms with Crippen molar-refractivity contribution >= 4 is 45.0 Å². The highest BCUT2D eigenvalue weighted by Crippen LogP contribution is 2.46. The van der Waals surface area contributed by atoms with E-state index >= 15 is 0 Å². The molecule has 2 aliphatic heterocycles. The molecule has 0 spiro atoms. The van der Waals surface area contributed by atoms with Crippen molar-refractivity contribution in [3.8, 4) is 0 Å². The first kappa shape index (κ1) is 18.2. The minimum Gasteiger partial charge on any atom is -0.371 e. The van der Waals surface area contributed by atoms with Crippen LogP contribution in [0, 0.1) is 5.92 Å². The normalized spacial score (nSPS) is 16.8. The monoisotopic (exact) mass is 413 g/mol. The Labute approximate surface area is 182 Å². The van der Waals surface area contributed by atoms with Gasteiger partial charge in [-0.2, -0.15) is 0 Å². The first-order valence-corrected chi connectivity index (χ1v) is 11.9. The number of rotatable bonds is 5. The van der Waals surface area contributed by atoms with E-state index in [-0.39, 0.29) is 0 Å². The summed E-state index contributed by atoms with van der Waals surface area (Å²) in [5.41, 5.74) is 4.01. The molecular formula is C26H27N3S. The number of piperidine rings is 1. The van der Waals surface area contributed by atoms with Gasteiger partial charge in [0.05, 0.1) is 5.69 Å². The maximum atomic E-state index is 3.29. The van der Waals surface area contributed by atoms with E-state index in [1.54, 1.807) is 0 Å². The molecule has 1 N–H and O–H groups in total. The Hall–Kier alpha value is -2.59. The van der Waals surface area contributed by atoms with Crippen LogP contribution >= 0.6 is 11.9 Å². The first-order valence-electron chi connectivity index (χ1n) is 11.1. The van der Waals surface area contributed by atoms with Crippen LogP contribution in [-0.2, 0) is 0 Å². The smallest absolute Gasteiger partial charge is 0.0563 e. The Morgan fingerprint density at radius 1 is 0.933 bits per heavy atom. The molecule has 1 aromatic heterocycles. The molecule has 0 saturated carbocycles. The summed E-state index contributed by atoms with van der Waals surface area (Å²) in [6.07, 6.45) is 7.27. The maximum Gasteiger partial charge on any atom is 0.0563 e. The zero-order valence-corrected chi connectivity index (χ0v) is 18.0. The van der Waals surface area contributed by atoms with Gasteiger partial charge in [-0.3, -0.25) is 0 Å². The Morgan fingerprint density at radius 2 is 1.80 bits per heavy atom. The van der Waals surface area contributed by atoms with Crippen LogP contribution in [0.2, 0.25) is 0 Å². The van der Waals surface area contributed by atoms with E-state index in [4.69, 9.17) is 0 Å². The lowest BCUT2D eigenvalue weighted by atomic mass is 9.92. The van der Waals surface area contributed by atoms with E-state index in [0.717, 1.165) is 12.5 Å². The van der Waals surface area contributed by atoms with Crippen LogP contribution in [0.4, 0.5) is 11.4 Å². The van der Waals surface area contributed by atoms with Gasteiger partial charge in [0.1, 0.15) is 0 Å². The topological polar surface area (TPSA) is 22.3 Å². The molecule has 4 heteroatoms. The molecule has 0 unspecified atom stereocenters. The number of aromatic nitrogens is 1. The molecule has 1 saturated heterocycles. The highest BCUT2D eigenvalue weighted by Gasteiger charge is 2.23. The van der Waals surface area contributed by atoms with Gasteiger partial charge in [0.2, 0.25) is 0 Å². The Kier molecular flexibility index (Phi) is 4.60. The van der Waals surface area contributed by atoms with Crippen molar-refractivity contribution in [2.45, 2.75) is 30.6 Å². The molecule has 0 amide bonds. The second-order valence-electron chi connectivity index (χ2n) is 8.65. The number of aromatic amines is 1. The van der Waals surface area contributed by atoms with E-state index in [1.807, 2.05) is 18.1 Å². The van der Waals surface area contributed by atoms with Crippen LogP contribution in [0.3, 0.4) is 0 Å². The average molecular weight is 414 g/mol. The number of hydrogen-bond acceptors (Lipinski definition) is 3. The van der Waals surface area contributed by atoms with Crippen molar-refractivity contribution in [1.82, 2.24) is 4.98 Å². The second-order valence-corrected chi connectivity index (χ2v) is 9.71. The minimum atomic E-state index is 0.864. The highest BCUT2D eigenvalue weighted by molar-refractivity contribution is 8.01. The molecule has 0 bridgehead atoms. The fourth-order valence-electron chi connectivity index (χ4n) is 5.15. The van der Waals surface area contributed by atoms with Crippen LogP contribution in [0.5, 0.6) is 0 Å². The van der Waals surface area contributed by atoms with Crippen LogP contribution < -0.4 is 9.21 Å². The number of benzene rings is 3. The van der Waals surface area contributed by atoms with Crippen molar-refractivity contribution in [3.05, 3.63) is 66.9 Å². The molecule has 0 atom stereocenters. The van der Waals surface area contributed by atoms with E-state index in [2.05, 4.69) is 74.9 Å². The predicted octanol–water partition coefficient (Wildman–Crippen LogP) is 6.85. The van der Waals surface area contributed by atoms with Gasteiger partial charge >= 0.3 is 0 Å². The summed E-state index contributed by atoms with van der Waals surface area (Å²) in [7, 11) is 0. The van der Waals surface area contributed by atoms with Gasteiger partial charge in [-0.15, -0.1) is 0 Å². The molecule has 1 fully saturated rings. The zero-order chi connectivity index (χ0) is 19.9. The molecule has 6 rings (SSSR count). The third kappa shape index (κ3) is 3.24. The summed E-state index contributed by atoms with van der Waals surface area (Å²) in [5, 5.41) is 4.12. The fourth-order valence-corrected chi connectivity index (χ4v) is 6.31. The molecule has 152 valence electrons. The molecule has 0 aliphatic carbocycles. The van der Waals surface area contributed by atoms with Crippen molar-refractivity contribution in [3.63, 3.8) is 0 Å². The number of hydrogen-bond donors (Lipinski definition) is 1. The largest absolute Gasteiger partial charge is 0.371 e. The average Bonchev–Trinajstić information content (AvgIpc) is 3.40. The molecule has 0 radical (unpaired) electrons. The van der Waals surface area contributed by atoms with Crippen molar-refractivity contribution < 1.29 is 0 Å². The summed E-state index contributed by atoms with van der Waals surface area (Å²) in [4.78, 5) is 7.27. The summed E-state index contributed by atoms with van der Waals surface area (Å²) >= 11 is 1.92. The second kappa shape index (κ2) is 7.59. The van der Waals surface area contributed by atoms with Crippen molar-refractivity contribution in [2.75, 3.05) is 28.8 Å². The minimum absolute atomic E-state index is 0.864. The maximum absolute atomic E-state index is 3.29. The number of H-pyrrole nitrogens is 1.